The molecule has 3 N–H and O–H groups in total. The molecule has 148 valence electrons. The summed E-state index contributed by atoms with van der Waals surface area (Å²) in [7, 11) is 0. The van der Waals surface area contributed by atoms with E-state index in [4.69, 9.17) is 10.6 Å². The Morgan fingerprint density at radius 3 is 2.72 bits per heavy atom. The summed E-state index contributed by atoms with van der Waals surface area (Å²) in [6.45, 7) is 4.04. The Morgan fingerprint density at radius 1 is 1.24 bits per heavy atom. The average Bonchev–Trinajstić information content (AvgIpc) is 2.95. The van der Waals surface area contributed by atoms with Crippen LogP contribution in [0.25, 0.3) is 22.4 Å². The fourth-order valence-electron chi connectivity index (χ4n) is 3.78. The van der Waals surface area contributed by atoms with E-state index in [0.29, 0.717) is 46.5 Å². The first-order valence-electron chi connectivity index (χ1n) is 8.99. The Morgan fingerprint density at radius 2 is 2.03 bits per heavy atom. The Balaban J connectivity index is 2.12. The monoisotopic (exact) mass is 394 g/mol. The van der Waals surface area contributed by atoms with E-state index < -0.39 is 11.4 Å². The van der Waals surface area contributed by atoms with Crippen LogP contribution in [0.3, 0.4) is 0 Å². The molecule has 0 bridgehead atoms. The number of amides is 1. The van der Waals surface area contributed by atoms with Gasteiger partial charge in [0.2, 0.25) is 0 Å². The van der Waals surface area contributed by atoms with Gasteiger partial charge < -0.3 is 15.9 Å². The zero-order chi connectivity index (χ0) is 20.8. The molecule has 3 aromatic rings. The number of rotatable bonds is 4. The van der Waals surface area contributed by atoms with Crippen molar-refractivity contribution in [3.8, 4) is 22.4 Å². The summed E-state index contributed by atoms with van der Waals surface area (Å²) in [4.78, 5) is 33.7. The lowest BCUT2D eigenvalue weighted by molar-refractivity contribution is -0.129. The van der Waals surface area contributed by atoms with Crippen molar-refractivity contribution in [1.29, 1.82) is 0 Å². The van der Waals surface area contributed by atoms with E-state index in [9.17, 15) is 14.0 Å². The van der Waals surface area contributed by atoms with Crippen LogP contribution in [0.2, 0.25) is 0 Å². The largest absolute Gasteiger partial charge is 0.384 e. The molecule has 3 heterocycles. The van der Waals surface area contributed by atoms with Crippen LogP contribution in [0.1, 0.15) is 29.9 Å². The average molecular weight is 394 g/mol. The van der Waals surface area contributed by atoms with Gasteiger partial charge in [0.15, 0.2) is 0 Å². The summed E-state index contributed by atoms with van der Waals surface area (Å²) in [5.74, 6) is -0.515. The highest BCUT2D eigenvalue weighted by Crippen LogP contribution is 2.42. The van der Waals surface area contributed by atoms with Crippen molar-refractivity contribution in [3.05, 3.63) is 59.7 Å². The molecule has 7 nitrogen and oxygen atoms in total. The lowest BCUT2D eigenvalue weighted by Gasteiger charge is -2.31. The molecule has 8 heteroatoms. The molecule has 0 radical (unpaired) electrons. The topological polar surface area (TPSA) is 99.2 Å². The predicted octanol–water partition coefficient (Wildman–Crippen LogP) is 2.59. The van der Waals surface area contributed by atoms with Crippen molar-refractivity contribution in [2.24, 2.45) is 0 Å². The van der Waals surface area contributed by atoms with Crippen molar-refractivity contribution in [2.75, 3.05) is 5.73 Å². The van der Waals surface area contributed by atoms with E-state index in [1.807, 2.05) is 13.8 Å². The number of aromatic nitrogens is 2. The number of halogens is 1. The number of pyridine rings is 1. The number of anilines is 1. The third-order valence-corrected chi connectivity index (χ3v) is 4.83. The Kier molecular flexibility index (Phi) is 4.34. The molecule has 0 aliphatic carbocycles. The van der Waals surface area contributed by atoms with Gasteiger partial charge in [-0.2, -0.15) is 4.73 Å². The van der Waals surface area contributed by atoms with E-state index in [1.165, 1.54) is 23.1 Å². The number of carbonyl (C=O) groups excluding carboxylic acids is 2. The number of hydrogen-bond donors (Lipinski definition) is 2. The minimum Gasteiger partial charge on any atom is -0.384 e. The van der Waals surface area contributed by atoms with E-state index in [0.717, 1.165) is 0 Å². The molecule has 0 unspecified atom stereocenters. The van der Waals surface area contributed by atoms with Gasteiger partial charge in [0.05, 0.1) is 17.0 Å². The number of carbonyl (C=O) groups is 2. The Labute approximate surface area is 166 Å². The summed E-state index contributed by atoms with van der Waals surface area (Å²) in [5.41, 5.74) is 8.11. The summed E-state index contributed by atoms with van der Waals surface area (Å²) in [6, 6.07) is 9.21. The quantitative estimate of drug-likeness (QED) is 0.663. The fraction of sp³-hybridized carbons (Fsp3) is 0.190. The number of nitrogens with one attached hydrogen (secondary N) is 1. The number of nitrogens with two attached hydrogens (primary N) is 1. The van der Waals surface area contributed by atoms with Gasteiger partial charge >= 0.3 is 6.47 Å². The predicted molar refractivity (Wildman–Crippen MR) is 105 cm³/mol. The SMILES string of the molecule is CC1(C)Cc2c(c(-c3cccc(F)c3)c(-c3ccnc(N)c3)n2OC=O)C(=O)N1. The van der Waals surface area contributed by atoms with Crippen LogP contribution in [0.4, 0.5) is 10.2 Å². The second kappa shape index (κ2) is 6.73. The van der Waals surface area contributed by atoms with Crippen molar-refractivity contribution in [2.45, 2.75) is 25.8 Å². The minimum atomic E-state index is -0.555. The smallest absolute Gasteiger partial charge is 0.321 e. The highest BCUT2D eigenvalue weighted by Gasteiger charge is 2.38. The van der Waals surface area contributed by atoms with E-state index >= 15 is 0 Å². The van der Waals surface area contributed by atoms with Crippen LogP contribution < -0.4 is 15.9 Å². The lowest BCUT2D eigenvalue weighted by atomic mass is 9.88. The van der Waals surface area contributed by atoms with Crippen molar-refractivity contribution in [3.63, 3.8) is 0 Å². The van der Waals surface area contributed by atoms with Gasteiger partial charge in [-0.25, -0.2) is 9.37 Å². The molecule has 2 aromatic heterocycles. The summed E-state index contributed by atoms with van der Waals surface area (Å²) >= 11 is 0. The molecule has 4 rings (SSSR count). The minimum absolute atomic E-state index is 0.259. The molecular weight excluding hydrogens is 375 g/mol. The second-order valence-corrected chi connectivity index (χ2v) is 7.54. The van der Waals surface area contributed by atoms with E-state index in [2.05, 4.69) is 10.3 Å². The third-order valence-electron chi connectivity index (χ3n) is 4.83. The first-order chi connectivity index (χ1) is 13.8. The summed E-state index contributed by atoms with van der Waals surface area (Å²) < 4.78 is 15.4. The van der Waals surface area contributed by atoms with E-state index in [-0.39, 0.29) is 11.7 Å². The molecule has 29 heavy (non-hydrogen) atoms. The van der Waals surface area contributed by atoms with Crippen LogP contribution in [-0.2, 0) is 11.2 Å². The maximum absolute atomic E-state index is 14.0. The second-order valence-electron chi connectivity index (χ2n) is 7.54. The molecule has 0 spiro atoms. The van der Waals surface area contributed by atoms with Crippen molar-refractivity contribution < 1.29 is 18.8 Å². The first kappa shape index (κ1) is 18.7. The normalized spacial score (nSPS) is 14.8. The molecule has 1 amide bonds. The van der Waals surface area contributed by atoms with Crippen molar-refractivity contribution in [1.82, 2.24) is 15.0 Å². The molecule has 0 atom stereocenters. The van der Waals surface area contributed by atoms with E-state index in [1.54, 1.807) is 24.3 Å². The number of hydrogen-bond acceptors (Lipinski definition) is 5. The Hall–Kier alpha value is -3.68. The Bertz CT molecular complexity index is 1140. The van der Waals surface area contributed by atoms with Gasteiger partial charge in [-0.05, 0) is 43.7 Å². The van der Waals surface area contributed by atoms with Gasteiger partial charge in [-0.15, -0.1) is 0 Å². The molecule has 0 fully saturated rings. The number of nitrogens with zero attached hydrogens (tertiary/aromatic N) is 2. The van der Waals surface area contributed by atoms with Crippen LogP contribution in [0, 0.1) is 5.82 Å². The van der Waals surface area contributed by atoms with Crippen molar-refractivity contribution >= 4 is 18.2 Å². The highest BCUT2D eigenvalue weighted by molar-refractivity contribution is 6.07. The lowest BCUT2D eigenvalue weighted by Crippen LogP contribution is -2.49. The van der Waals surface area contributed by atoms with Gasteiger partial charge in [0.1, 0.15) is 11.6 Å². The molecule has 1 aliphatic rings. The zero-order valence-electron chi connectivity index (χ0n) is 15.9. The first-order valence-corrected chi connectivity index (χ1v) is 8.99. The molecule has 0 saturated carbocycles. The molecule has 0 saturated heterocycles. The maximum Gasteiger partial charge on any atom is 0.321 e. The highest BCUT2D eigenvalue weighted by atomic mass is 19.1. The standard InChI is InChI=1S/C21H19FN4O3/c1-21(2)10-15-18(20(28)25-21)17(12-4-3-5-14(22)8-12)19(26(15)29-11-27)13-6-7-24-16(23)9-13/h3-9,11H,10H2,1-2H3,(H2,23,24)(H,25,28). The summed E-state index contributed by atoms with van der Waals surface area (Å²) in [6.07, 6.45) is 1.92. The van der Waals surface area contributed by atoms with Crippen LogP contribution >= 0.6 is 0 Å². The van der Waals surface area contributed by atoms with Crippen LogP contribution in [0.5, 0.6) is 0 Å². The number of fused-ring (bicyclic) bond motifs is 1. The molecular formula is C21H19FN4O3. The van der Waals surface area contributed by atoms with Gasteiger partial charge in [-0.1, -0.05) is 12.1 Å². The van der Waals surface area contributed by atoms with Crippen LogP contribution in [0.15, 0.2) is 42.6 Å². The van der Waals surface area contributed by atoms with Gasteiger partial charge in [0, 0.05) is 29.3 Å². The van der Waals surface area contributed by atoms with Gasteiger partial charge in [0.25, 0.3) is 5.91 Å². The van der Waals surface area contributed by atoms with Crippen LogP contribution in [-0.4, -0.2) is 27.6 Å². The molecule has 1 aliphatic heterocycles. The summed E-state index contributed by atoms with van der Waals surface area (Å²) in [5, 5.41) is 2.96. The third kappa shape index (κ3) is 3.22. The number of nitrogen functional groups attached to an aromatic ring is 1. The zero-order valence-corrected chi connectivity index (χ0v) is 15.9. The number of benzene rings is 1. The molecule has 1 aromatic carbocycles. The van der Waals surface area contributed by atoms with Gasteiger partial charge in [-0.3, -0.25) is 9.59 Å². The maximum atomic E-state index is 14.0. The fourth-order valence-corrected chi connectivity index (χ4v) is 3.78.